The van der Waals surface area contributed by atoms with E-state index in [0.29, 0.717) is 65.2 Å². The van der Waals surface area contributed by atoms with Gasteiger partial charge in [-0.1, -0.05) is 17.7 Å². The minimum Gasteiger partial charge on any atom is -0.507 e. The van der Waals surface area contributed by atoms with Gasteiger partial charge in [-0.25, -0.2) is 0 Å². The predicted molar refractivity (Wildman–Crippen MR) is 129 cm³/mol. The Morgan fingerprint density at radius 1 is 1.15 bits per heavy atom. The van der Waals surface area contributed by atoms with Crippen LogP contribution in [0.4, 0.5) is 0 Å². The largest absolute Gasteiger partial charge is 0.507 e. The molecule has 3 N–H and O–H groups in total. The van der Waals surface area contributed by atoms with Gasteiger partial charge in [0.2, 0.25) is 0 Å². The lowest BCUT2D eigenvalue weighted by molar-refractivity contribution is 0.0732. The number of aliphatic hydroxyl groups is 1. The van der Waals surface area contributed by atoms with Gasteiger partial charge in [0.05, 0.1) is 19.3 Å². The summed E-state index contributed by atoms with van der Waals surface area (Å²) >= 11 is 6.35. The number of nitrogens with one attached hydrogen (secondary N) is 1. The molecule has 2 heterocycles. The maximum Gasteiger partial charge on any atom is 0.273 e. The smallest absolute Gasteiger partial charge is 0.273 e. The summed E-state index contributed by atoms with van der Waals surface area (Å²) in [5.74, 6) is 1.00. The second-order valence-corrected chi connectivity index (χ2v) is 8.44. The number of nitrogens with zero attached hydrogens (tertiary/aromatic N) is 2. The van der Waals surface area contributed by atoms with Crippen LogP contribution < -0.4 is 9.47 Å². The molecule has 1 aliphatic rings. The number of aromatic hydroxyl groups is 1. The highest BCUT2D eigenvalue weighted by Crippen LogP contribution is 2.46. The van der Waals surface area contributed by atoms with Crippen LogP contribution in [-0.4, -0.2) is 57.6 Å². The number of carbonyl (C=O) groups excluding carboxylic acids is 1. The van der Waals surface area contributed by atoms with Crippen molar-refractivity contribution >= 4 is 17.5 Å². The average molecular weight is 486 g/mol. The molecule has 1 aliphatic heterocycles. The predicted octanol–water partition coefficient (Wildman–Crippen LogP) is 4.47. The molecule has 34 heavy (non-hydrogen) atoms. The van der Waals surface area contributed by atoms with Crippen molar-refractivity contribution in [2.24, 2.45) is 0 Å². The molecule has 0 fully saturated rings. The van der Waals surface area contributed by atoms with Crippen molar-refractivity contribution in [3.05, 3.63) is 57.7 Å². The van der Waals surface area contributed by atoms with Gasteiger partial charge in [-0.05, 0) is 62.6 Å². The number of amides is 1. The molecule has 9 heteroatoms. The van der Waals surface area contributed by atoms with Crippen molar-refractivity contribution < 1.29 is 24.5 Å². The standard InChI is InChI=1S/C25H28ClN3O5/c1-4-33-19-8-7-15(12-20(19)34-5-2)24-21-22(16-13-17(26)14(3)11-18(16)31)27-28-23(21)25(32)29(24)9-6-10-30/h7-8,11-13,24,30-31H,4-6,9-10H2,1-3H3,(H,27,28)/t24-/m0/s1. The van der Waals surface area contributed by atoms with Gasteiger partial charge in [0.1, 0.15) is 17.1 Å². The highest BCUT2D eigenvalue weighted by Gasteiger charge is 2.42. The normalized spacial score (nSPS) is 15.0. The van der Waals surface area contributed by atoms with E-state index >= 15 is 0 Å². The second kappa shape index (κ2) is 9.95. The van der Waals surface area contributed by atoms with Gasteiger partial charge in [0.15, 0.2) is 11.5 Å². The SMILES string of the molecule is CCOc1ccc([C@H]2c3c(-c4cc(Cl)c(C)cc4O)n[nH]c3C(=O)N2CCCO)cc1OCC. The van der Waals surface area contributed by atoms with E-state index in [0.717, 1.165) is 11.1 Å². The van der Waals surface area contributed by atoms with E-state index in [1.165, 1.54) is 0 Å². The lowest BCUT2D eigenvalue weighted by Crippen LogP contribution is -2.31. The first-order chi connectivity index (χ1) is 16.4. The summed E-state index contributed by atoms with van der Waals surface area (Å²) < 4.78 is 11.5. The Morgan fingerprint density at radius 2 is 1.88 bits per heavy atom. The summed E-state index contributed by atoms with van der Waals surface area (Å²) in [6, 6.07) is 8.33. The minimum absolute atomic E-state index is 0.0258. The third-order valence-electron chi connectivity index (χ3n) is 5.84. The molecule has 4 rings (SSSR count). The highest BCUT2D eigenvalue weighted by atomic mass is 35.5. The molecule has 0 aliphatic carbocycles. The first kappa shape index (κ1) is 23.9. The molecule has 180 valence electrons. The number of aromatic nitrogens is 2. The van der Waals surface area contributed by atoms with Crippen LogP contribution in [0.2, 0.25) is 5.02 Å². The highest BCUT2D eigenvalue weighted by molar-refractivity contribution is 6.31. The van der Waals surface area contributed by atoms with Gasteiger partial charge in [0, 0.05) is 29.3 Å². The first-order valence-electron chi connectivity index (χ1n) is 11.3. The monoisotopic (exact) mass is 485 g/mol. The summed E-state index contributed by atoms with van der Waals surface area (Å²) in [5.41, 5.74) is 3.42. The minimum atomic E-state index is -0.503. The molecular formula is C25H28ClN3O5. The molecule has 8 nitrogen and oxygen atoms in total. The number of rotatable bonds is 9. The van der Waals surface area contributed by atoms with Crippen LogP contribution in [-0.2, 0) is 0 Å². The Bertz CT molecular complexity index is 1210. The van der Waals surface area contributed by atoms with Crippen LogP contribution in [0.5, 0.6) is 17.2 Å². The van der Waals surface area contributed by atoms with Gasteiger partial charge in [-0.3, -0.25) is 9.89 Å². The van der Waals surface area contributed by atoms with Crippen LogP contribution in [0.25, 0.3) is 11.3 Å². The summed E-state index contributed by atoms with van der Waals surface area (Å²) in [6.45, 7) is 6.85. The molecule has 3 aromatic rings. The number of benzene rings is 2. The van der Waals surface area contributed by atoms with Crippen molar-refractivity contribution in [1.29, 1.82) is 0 Å². The summed E-state index contributed by atoms with van der Waals surface area (Å²) in [4.78, 5) is 15.0. The van der Waals surface area contributed by atoms with Gasteiger partial charge >= 0.3 is 0 Å². The molecule has 0 spiro atoms. The lowest BCUT2D eigenvalue weighted by atomic mass is 9.95. The van der Waals surface area contributed by atoms with Crippen LogP contribution in [0.1, 0.15) is 53.5 Å². The molecule has 0 saturated heterocycles. The molecule has 1 amide bonds. The quantitative estimate of drug-likeness (QED) is 0.412. The molecule has 1 atom stereocenters. The van der Waals surface area contributed by atoms with E-state index in [4.69, 9.17) is 21.1 Å². The fourth-order valence-electron chi connectivity index (χ4n) is 4.31. The number of aliphatic hydroxyl groups excluding tert-OH is 1. The van der Waals surface area contributed by atoms with E-state index in [2.05, 4.69) is 10.2 Å². The summed E-state index contributed by atoms with van der Waals surface area (Å²) in [6.07, 6.45) is 0.423. The maximum atomic E-state index is 13.3. The number of H-pyrrole nitrogens is 1. The topological polar surface area (TPSA) is 108 Å². The fourth-order valence-corrected chi connectivity index (χ4v) is 4.48. The summed E-state index contributed by atoms with van der Waals surface area (Å²) in [7, 11) is 0. The zero-order valence-corrected chi connectivity index (χ0v) is 20.1. The van der Waals surface area contributed by atoms with E-state index in [9.17, 15) is 15.0 Å². The van der Waals surface area contributed by atoms with Gasteiger partial charge in [-0.15, -0.1) is 0 Å². The average Bonchev–Trinajstić information content (AvgIpc) is 3.35. The van der Waals surface area contributed by atoms with Crippen molar-refractivity contribution in [2.45, 2.75) is 33.2 Å². The number of hydrogen-bond donors (Lipinski definition) is 3. The zero-order chi connectivity index (χ0) is 24.4. The Kier molecular flexibility index (Phi) is 7.00. The van der Waals surface area contributed by atoms with Crippen molar-refractivity contribution in [1.82, 2.24) is 15.1 Å². The maximum absolute atomic E-state index is 13.3. The van der Waals surface area contributed by atoms with Gasteiger partial charge < -0.3 is 24.6 Å². The molecule has 0 unspecified atom stereocenters. The van der Waals surface area contributed by atoms with E-state index in [1.54, 1.807) is 24.0 Å². The molecule has 0 bridgehead atoms. The third kappa shape index (κ3) is 4.19. The Labute approximate surface area is 203 Å². The van der Waals surface area contributed by atoms with E-state index < -0.39 is 6.04 Å². The number of fused-ring (bicyclic) bond motifs is 1. The Morgan fingerprint density at radius 3 is 2.59 bits per heavy atom. The molecular weight excluding hydrogens is 458 g/mol. The van der Waals surface area contributed by atoms with Crippen molar-refractivity contribution in [3.63, 3.8) is 0 Å². The van der Waals surface area contributed by atoms with Gasteiger partial charge in [0.25, 0.3) is 5.91 Å². The van der Waals surface area contributed by atoms with Crippen LogP contribution in [0, 0.1) is 6.92 Å². The van der Waals surface area contributed by atoms with Crippen LogP contribution in [0.15, 0.2) is 30.3 Å². The molecule has 1 aromatic heterocycles. The Balaban J connectivity index is 1.89. The number of aromatic amines is 1. The number of ether oxygens (including phenoxy) is 2. The molecule has 2 aromatic carbocycles. The number of phenolic OH excluding ortho intramolecular Hbond substituents is 1. The zero-order valence-electron chi connectivity index (χ0n) is 19.4. The van der Waals surface area contributed by atoms with Crippen LogP contribution >= 0.6 is 11.6 Å². The van der Waals surface area contributed by atoms with Crippen LogP contribution in [0.3, 0.4) is 0 Å². The first-order valence-corrected chi connectivity index (χ1v) is 11.7. The second-order valence-electron chi connectivity index (χ2n) is 8.03. The van der Waals surface area contributed by atoms with E-state index in [1.807, 2.05) is 32.0 Å². The Hall–Kier alpha value is -3.23. The number of hydrogen-bond acceptors (Lipinski definition) is 6. The van der Waals surface area contributed by atoms with Crippen molar-refractivity contribution in [2.75, 3.05) is 26.4 Å². The van der Waals surface area contributed by atoms with Gasteiger partial charge in [-0.2, -0.15) is 5.10 Å². The van der Waals surface area contributed by atoms with E-state index in [-0.39, 0.29) is 18.3 Å². The lowest BCUT2D eigenvalue weighted by Gasteiger charge is -2.27. The summed E-state index contributed by atoms with van der Waals surface area (Å²) in [5, 5.41) is 27.8. The number of phenols is 1. The third-order valence-corrected chi connectivity index (χ3v) is 6.24. The number of carbonyl (C=O) groups is 1. The number of halogens is 1. The molecule has 0 radical (unpaired) electrons. The van der Waals surface area contributed by atoms with Crippen molar-refractivity contribution in [3.8, 4) is 28.5 Å². The number of aryl methyl sites for hydroxylation is 1. The fraction of sp³-hybridized carbons (Fsp3) is 0.360. The molecule has 0 saturated carbocycles.